The van der Waals surface area contributed by atoms with Crippen LogP contribution in [0.25, 0.3) is 10.8 Å². The minimum atomic E-state index is -0.844. The summed E-state index contributed by atoms with van der Waals surface area (Å²) in [6.07, 6.45) is 2.11. The van der Waals surface area contributed by atoms with Gasteiger partial charge >= 0.3 is 5.97 Å². The Morgan fingerprint density at radius 1 is 1.29 bits per heavy atom. The topological polar surface area (TPSA) is 70.5 Å². The van der Waals surface area contributed by atoms with Crippen molar-refractivity contribution in [2.24, 2.45) is 5.92 Å². The molecule has 1 saturated heterocycles. The van der Waals surface area contributed by atoms with Crippen LogP contribution < -0.4 is 0 Å². The SMILES string of the molecule is CC1C(C(=O)O)CCN1C(=O)c1nccc2ccccc12. The summed E-state index contributed by atoms with van der Waals surface area (Å²) in [7, 11) is 0. The number of carbonyl (C=O) groups excluding carboxylic acids is 1. The van der Waals surface area contributed by atoms with Crippen molar-refractivity contribution in [3.8, 4) is 0 Å². The Labute approximate surface area is 122 Å². The van der Waals surface area contributed by atoms with Crippen molar-refractivity contribution in [1.82, 2.24) is 9.88 Å². The fourth-order valence-electron chi connectivity index (χ4n) is 2.98. The van der Waals surface area contributed by atoms with E-state index in [4.69, 9.17) is 0 Å². The molecule has 2 aromatic rings. The fraction of sp³-hybridized carbons (Fsp3) is 0.312. The lowest BCUT2D eigenvalue weighted by Gasteiger charge is -2.23. The van der Waals surface area contributed by atoms with Gasteiger partial charge in [0.05, 0.1) is 5.92 Å². The number of rotatable bonds is 2. The van der Waals surface area contributed by atoms with Gasteiger partial charge in [0.2, 0.25) is 0 Å². The summed E-state index contributed by atoms with van der Waals surface area (Å²) >= 11 is 0. The number of carboxylic acid groups (broad SMARTS) is 1. The lowest BCUT2D eigenvalue weighted by Crippen LogP contribution is -2.38. The summed E-state index contributed by atoms with van der Waals surface area (Å²) in [6.45, 7) is 2.25. The lowest BCUT2D eigenvalue weighted by atomic mass is 10.0. The van der Waals surface area contributed by atoms with Gasteiger partial charge in [0.25, 0.3) is 5.91 Å². The molecule has 0 saturated carbocycles. The van der Waals surface area contributed by atoms with Crippen LogP contribution in [0.3, 0.4) is 0 Å². The average Bonchev–Trinajstić information content (AvgIpc) is 2.88. The summed E-state index contributed by atoms with van der Waals surface area (Å²) in [6, 6.07) is 9.13. The smallest absolute Gasteiger partial charge is 0.308 e. The summed E-state index contributed by atoms with van der Waals surface area (Å²) in [5, 5.41) is 10.9. The number of benzene rings is 1. The number of carboxylic acids is 1. The molecule has 5 heteroatoms. The lowest BCUT2D eigenvalue weighted by molar-refractivity contribution is -0.142. The summed E-state index contributed by atoms with van der Waals surface area (Å²) in [4.78, 5) is 29.7. The second-order valence-electron chi connectivity index (χ2n) is 5.35. The molecular weight excluding hydrogens is 268 g/mol. The van der Waals surface area contributed by atoms with Crippen LogP contribution in [0.15, 0.2) is 36.5 Å². The number of likely N-dealkylation sites (tertiary alicyclic amines) is 1. The summed E-state index contributed by atoms with van der Waals surface area (Å²) in [5.74, 6) is -1.53. The van der Waals surface area contributed by atoms with Crippen LogP contribution in [0.2, 0.25) is 0 Å². The molecule has 1 amide bonds. The van der Waals surface area contributed by atoms with Gasteiger partial charge in [0.1, 0.15) is 5.69 Å². The molecule has 1 N–H and O–H groups in total. The highest BCUT2D eigenvalue weighted by Crippen LogP contribution is 2.27. The highest BCUT2D eigenvalue weighted by atomic mass is 16.4. The monoisotopic (exact) mass is 284 g/mol. The predicted molar refractivity (Wildman–Crippen MR) is 78.0 cm³/mol. The molecule has 1 aliphatic rings. The number of aromatic nitrogens is 1. The zero-order chi connectivity index (χ0) is 15.0. The molecule has 3 rings (SSSR count). The minimum absolute atomic E-state index is 0.192. The van der Waals surface area contributed by atoms with E-state index in [1.165, 1.54) is 0 Å². The van der Waals surface area contributed by atoms with Crippen molar-refractivity contribution in [2.45, 2.75) is 19.4 Å². The van der Waals surface area contributed by atoms with Gasteiger partial charge in [-0.05, 0) is 24.8 Å². The number of amides is 1. The molecule has 2 unspecified atom stereocenters. The first kappa shape index (κ1) is 13.5. The Morgan fingerprint density at radius 3 is 2.76 bits per heavy atom. The Balaban J connectivity index is 1.97. The Morgan fingerprint density at radius 2 is 2.05 bits per heavy atom. The van der Waals surface area contributed by atoms with Crippen LogP contribution >= 0.6 is 0 Å². The molecule has 108 valence electrons. The van der Waals surface area contributed by atoms with E-state index in [-0.39, 0.29) is 11.9 Å². The maximum absolute atomic E-state index is 12.7. The van der Waals surface area contributed by atoms with E-state index >= 15 is 0 Å². The second kappa shape index (κ2) is 5.16. The van der Waals surface area contributed by atoms with Crippen LogP contribution in [0.4, 0.5) is 0 Å². The van der Waals surface area contributed by atoms with Gasteiger partial charge in [0, 0.05) is 24.2 Å². The zero-order valence-corrected chi connectivity index (χ0v) is 11.7. The molecule has 1 aromatic carbocycles. The van der Waals surface area contributed by atoms with E-state index < -0.39 is 11.9 Å². The highest BCUT2D eigenvalue weighted by Gasteiger charge is 2.39. The van der Waals surface area contributed by atoms with Gasteiger partial charge in [-0.15, -0.1) is 0 Å². The van der Waals surface area contributed by atoms with Gasteiger partial charge in [-0.3, -0.25) is 14.6 Å². The molecule has 0 aliphatic carbocycles. The molecule has 2 atom stereocenters. The van der Waals surface area contributed by atoms with Gasteiger partial charge in [-0.1, -0.05) is 24.3 Å². The molecule has 0 bridgehead atoms. The van der Waals surface area contributed by atoms with Crippen molar-refractivity contribution in [3.05, 3.63) is 42.2 Å². The standard InChI is InChI=1S/C16H16N2O3/c1-10-12(16(20)21)7-9-18(10)15(19)14-13-5-3-2-4-11(13)6-8-17-14/h2-6,8,10,12H,7,9H2,1H3,(H,20,21). The van der Waals surface area contributed by atoms with Crippen molar-refractivity contribution in [1.29, 1.82) is 0 Å². The normalized spacial score (nSPS) is 21.7. The molecule has 1 fully saturated rings. The largest absolute Gasteiger partial charge is 0.481 e. The number of carbonyl (C=O) groups is 2. The Kier molecular flexibility index (Phi) is 3.33. The number of aliphatic carboxylic acids is 1. The van der Waals surface area contributed by atoms with Crippen LogP contribution in [-0.2, 0) is 4.79 Å². The molecule has 0 spiro atoms. The molecule has 5 nitrogen and oxygen atoms in total. The first-order chi connectivity index (χ1) is 10.1. The van der Waals surface area contributed by atoms with Gasteiger partial charge in [-0.25, -0.2) is 0 Å². The van der Waals surface area contributed by atoms with E-state index in [0.717, 1.165) is 10.8 Å². The van der Waals surface area contributed by atoms with E-state index in [0.29, 0.717) is 18.7 Å². The maximum atomic E-state index is 12.7. The highest BCUT2D eigenvalue weighted by molar-refractivity contribution is 6.05. The third kappa shape index (κ3) is 2.24. The van der Waals surface area contributed by atoms with Crippen molar-refractivity contribution >= 4 is 22.6 Å². The van der Waals surface area contributed by atoms with E-state index in [1.54, 1.807) is 18.0 Å². The quantitative estimate of drug-likeness (QED) is 0.917. The van der Waals surface area contributed by atoms with Gasteiger partial charge in [-0.2, -0.15) is 0 Å². The van der Waals surface area contributed by atoms with Crippen LogP contribution in [-0.4, -0.2) is 39.5 Å². The van der Waals surface area contributed by atoms with Crippen molar-refractivity contribution < 1.29 is 14.7 Å². The number of hydrogen-bond acceptors (Lipinski definition) is 3. The molecule has 21 heavy (non-hydrogen) atoms. The Hall–Kier alpha value is -2.43. The molecule has 2 heterocycles. The maximum Gasteiger partial charge on any atom is 0.308 e. The number of nitrogens with zero attached hydrogens (tertiary/aromatic N) is 2. The van der Waals surface area contributed by atoms with Gasteiger partial charge < -0.3 is 10.0 Å². The van der Waals surface area contributed by atoms with Gasteiger partial charge in [0.15, 0.2) is 0 Å². The molecule has 0 radical (unpaired) electrons. The van der Waals surface area contributed by atoms with Crippen molar-refractivity contribution in [2.75, 3.05) is 6.54 Å². The molecule has 1 aliphatic heterocycles. The van der Waals surface area contributed by atoms with Crippen LogP contribution in [0, 0.1) is 5.92 Å². The molecule has 1 aromatic heterocycles. The number of hydrogen-bond donors (Lipinski definition) is 1. The first-order valence-electron chi connectivity index (χ1n) is 6.97. The summed E-state index contributed by atoms with van der Waals surface area (Å²) < 4.78 is 0. The van der Waals surface area contributed by atoms with E-state index in [1.807, 2.05) is 30.3 Å². The van der Waals surface area contributed by atoms with Crippen molar-refractivity contribution in [3.63, 3.8) is 0 Å². The second-order valence-corrected chi connectivity index (χ2v) is 5.35. The third-order valence-electron chi connectivity index (χ3n) is 4.21. The zero-order valence-electron chi connectivity index (χ0n) is 11.7. The van der Waals surface area contributed by atoms with E-state index in [2.05, 4.69) is 4.98 Å². The number of fused-ring (bicyclic) bond motifs is 1. The third-order valence-corrected chi connectivity index (χ3v) is 4.21. The van der Waals surface area contributed by atoms with Crippen LogP contribution in [0.5, 0.6) is 0 Å². The van der Waals surface area contributed by atoms with E-state index in [9.17, 15) is 14.7 Å². The fourth-order valence-corrected chi connectivity index (χ4v) is 2.98. The number of pyridine rings is 1. The molecular formula is C16H16N2O3. The minimum Gasteiger partial charge on any atom is -0.481 e. The van der Waals surface area contributed by atoms with Crippen LogP contribution in [0.1, 0.15) is 23.8 Å². The Bertz CT molecular complexity index is 708. The summed E-state index contributed by atoms with van der Waals surface area (Å²) in [5.41, 5.74) is 0.394. The predicted octanol–water partition coefficient (Wildman–Crippen LogP) is 2.17. The average molecular weight is 284 g/mol. The first-order valence-corrected chi connectivity index (χ1v) is 6.97.